The van der Waals surface area contributed by atoms with Crippen LogP contribution in [0.2, 0.25) is 0 Å². The fourth-order valence-corrected chi connectivity index (χ4v) is 4.37. The third-order valence-electron chi connectivity index (χ3n) is 5.50. The fraction of sp³-hybridized carbons (Fsp3) is 0.476. The van der Waals surface area contributed by atoms with E-state index in [0.29, 0.717) is 38.0 Å². The number of benzene rings is 1. The summed E-state index contributed by atoms with van der Waals surface area (Å²) in [5.74, 6) is -1.15. The number of nitrogens with zero attached hydrogens (tertiary/aromatic N) is 1. The molecule has 3 rings (SSSR count). The molecule has 1 aliphatic heterocycles. The molecule has 1 aromatic carbocycles. The SMILES string of the molecule is CSCC[C@H](NC(=O)[C@@H]1CCCN1C(=O)[C@@H](N)Cc1c[nH]c2ccccc12)C(=O)O. The summed E-state index contributed by atoms with van der Waals surface area (Å²) in [6.45, 7) is 0.445. The molecule has 2 heterocycles. The highest BCUT2D eigenvalue weighted by molar-refractivity contribution is 7.98. The van der Waals surface area contributed by atoms with Crippen molar-refractivity contribution < 1.29 is 19.5 Å². The molecule has 0 radical (unpaired) electrons. The Labute approximate surface area is 179 Å². The second-order valence-corrected chi connectivity index (χ2v) is 8.53. The number of hydrogen-bond acceptors (Lipinski definition) is 5. The van der Waals surface area contributed by atoms with Gasteiger partial charge in [-0.1, -0.05) is 18.2 Å². The zero-order valence-corrected chi connectivity index (χ0v) is 17.8. The molecule has 162 valence electrons. The molecule has 0 bridgehead atoms. The molecular formula is C21H28N4O4S. The Morgan fingerprint density at radius 2 is 2.13 bits per heavy atom. The zero-order valence-electron chi connectivity index (χ0n) is 17.0. The second kappa shape index (κ2) is 9.99. The molecule has 0 saturated carbocycles. The molecule has 9 heteroatoms. The van der Waals surface area contributed by atoms with Gasteiger partial charge >= 0.3 is 5.97 Å². The first-order valence-corrected chi connectivity index (χ1v) is 11.4. The van der Waals surface area contributed by atoms with Gasteiger partial charge in [0.05, 0.1) is 6.04 Å². The van der Waals surface area contributed by atoms with Crippen molar-refractivity contribution in [1.82, 2.24) is 15.2 Å². The number of carbonyl (C=O) groups excluding carboxylic acids is 2. The van der Waals surface area contributed by atoms with Gasteiger partial charge in [-0.2, -0.15) is 11.8 Å². The van der Waals surface area contributed by atoms with Crippen LogP contribution in [0.1, 0.15) is 24.8 Å². The van der Waals surface area contributed by atoms with E-state index in [0.717, 1.165) is 16.5 Å². The summed E-state index contributed by atoms with van der Waals surface area (Å²) in [7, 11) is 0. The van der Waals surface area contributed by atoms with E-state index in [4.69, 9.17) is 5.73 Å². The number of nitrogens with two attached hydrogens (primary N) is 1. The van der Waals surface area contributed by atoms with Crippen LogP contribution in [0.3, 0.4) is 0 Å². The number of hydrogen-bond donors (Lipinski definition) is 4. The van der Waals surface area contributed by atoms with Gasteiger partial charge in [0, 0.05) is 23.6 Å². The Bertz CT molecular complexity index is 915. The van der Waals surface area contributed by atoms with Crippen LogP contribution in [0.15, 0.2) is 30.5 Å². The number of rotatable bonds is 9. The van der Waals surface area contributed by atoms with Crippen molar-refractivity contribution in [1.29, 1.82) is 0 Å². The van der Waals surface area contributed by atoms with Gasteiger partial charge in [0.15, 0.2) is 0 Å². The highest BCUT2D eigenvalue weighted by Gasteiger charge is 2.37. The molecule has 2 aromatic rings. The van der Waals surface area contributed by atoms with Crippen LogP contribution in [-0.2, 0) is 20.8 Å². The van der Waals surface area contributed by atoms with Crippen LogP contribution >= 0.6 is 11.8 Å². The molecule has 5 N–H and O–H groups in total. The maximum absolute atomic E-state index is 13.0. The molecule has 8 nitrogen and oxygen atoms in total. The van der Waals surface area contributed by atoms with E-state index >= 15 is 0 Å². The minimum Gasteiger partial charge on any atom is -0.480 e. The van der Waals surface area contributed by atoms with Crippen molar-refractivity contribution >= 4 is 40.4 Å². The molecular weight excluding hydrogens is 404 g/mol. The van der Waals surface area contributed by atoms with E-state index in [2.05, 4.69) is 10.3 Å². The molecule has 0 aliphatic carbocycles. The van der Waals surface area contributed by atoms with E-state index in [1.807, 2.05) is 36.7 Å². The number of likely N-dealkylation sites (tertiary alicyclic amines) is 1. The van der Waals surface area contributed by atoms with Gasteiger partial charge in [0.2, 0.25) is 11.8 Å². The lowest BCUT2D eigenvalue weighted by Crippen LogP contribution is -2.54. The maximum Gasteiger partial charge on any atom is 0.326 e. The number of carbonyl (C=O) groups is 3. The van der Waals surface area contributed by atoms with Gasteiger partial charge in [-0.15, -0.1) is 0 Å². The normalized spacial score (nSPS) is 18.3. The summed E-state index contributed by atoms with van der Waals surface area (Å²) >= 11 is 1.52. The third kappa shape index (κ3) is 4.96. The lowest BCUT2D eigenvalue weighted by Gasteiger charge is -2.27. The lowest BCUT2D eigenvalue weighted by molar-refractivity contribution is -0.144. The standard InChI is InChI=1S/C21H28N4O4S/c1-30-10-8-17(21(28)29)24-19(26)18-7-4-9-25(18)20(27)15(22)11-13-12-23-16-6-3-2-5-14(13)16/h2-3,5-6,12,15,17-18,23H,4,7-11,22H2,1H3,(H,24,26)(H,28,29)/t15-,17-,18-/m0/s1. The molecule has 1 aromatic heterocycles. The van der Waals surface area contributed by atoms with Gasteiger partial charge in [0.25, 0.3) is 0 Å². The van der Waals surface area contributed by atoms with Crippen molar-refractivity contribution in [2.45, 2.75) is 43.8 Å². The quantitative estimate of drug-likeness (QED) is 0.473. The van der Waals surface area contributed by atoms with Crippen LogP contribution in [0.5, 0.6) is 0 Å². The van der Waals surface area contributed by atoms with Crippen LogP contribution < -0.4 is 11.1 Å². The summed E-state index contributed by atoms with van der Waals surface area (Å²) in [4.78, 5) is 41.9. The highest BCUT2D eigenvalue weighted by Crippen LogP contribution is 2.22. The van der Waals surface area contributed by atoms with E-state index in [-0.39, 0.29) is 5.91 Å². The minimum atomic E-state index is -1.07. The number of para-hydroxylation sites is 1. The molecule has 1 aliphatic rings. The zero-order chi connectivity index (χ0) is 21.7. The molecule has 0 unspecified atom stereocenters. The molecule has 1 saturated heterocycles. The molecule has 2 amide bonds. The molecule has 3 atom stereocenters. The average molecular weight is 433 g/mol. The minimum absolute atomic E-state index is 0.283. The Morgan fingerprint density at radius 3 is 2.87 bits per heavy atom. The first-order valence-electron chi connectivity index (χ1n) is 10.1. The number of aliphatic carboxylic acids is 1. The topological polar surface area (TPSA) is 129 Å². The predicted molar refractivity (Wildman–Crippen MR) is 117 cm³/mol. The number of aromatic nitrogens is 1. The number of fused-ring (bicyclic) bond motifs is 1. The van der Waals surface area contributed by atoms with Gasteiger partial charge in [-0.25, -0.2) is 4.79 Å². The number of aromatic amines is 1. The summed E-state index contributed by atoms with van der Waals surface area (Å²) in [6, 6.07) is 5.40. The number of H-pyrrole nitrogens is 1. The van der Waals surface area contributed by atoms with Crippen LogP contribution in [0, 0.1) is 0 Å². The molecule has 30 heavy (non-hydrogen) atoms. The largest absolute Gasteiger partial charge is 0.480 e. The Hall–Kier alpha value is -2.52. The van der Waals surface area contributed by atoms with Crippen LogP contribution in [0.4, 0.5) is 0 Å². The van der Waals surface area contributed by atoms with Crippen LogP contribution in [-0.4, -0.2) is 69.5 Å². The predicted octanol–water partition coefficient (Wildman–Crippen LogP) is 1.35. The molecule has 1 fully saturated rings. The van der Waals surface area contributed by atoms with E-state index in [1.54, 1.807) is 0 Å². The van der Waals surface area contributed by atoms with E-state index in [9.17, 15) is 19.5 Å². The monoisotopic (exact) mass is 432 g/mol. The van der Waals surface area contributed by atoms with E-state index < -0.39 is 30.0 Å². The maximum atomic E-state index is 13.0. The van der Waals surface area contributed by atoms with E-state index in [1.165, 1.54) is 16.7 Å². The fourth-order valence-electron chi connectivity index (χ4n) is 3.90. The van der Waals surface area contributed by atoms with Gasteiger partial charge < -0.3 is 26.0 Å². The Kier molecular flexibility index (Phi) is 7.38. The van der Waals surface area contributed by atoms with Gasteiger partial charge in [0.1, 0.15) is 12.1 Å². The highest BCUT2D eigenvalue weighted by atomic mass is 32.2. The number of carboxylic acid groups (broad SMARTS) is 1. The smallest absolute Gasteiger partial charge is 0.326 e. The second-order valence-electron chi connectivity index (χ2n) is 7.54. The number of thioether (sulfide) groups is 1. The number of nitrogens with one attached hydrogen (secondary N) is 2. The summed E-state index contributed by atoms with van der Waals surface area (Å²) in [5, 5.41) is 13.0. The first-order chi connectivity index (χ1) is 14.4. The van der Waals surface area contributed by atoms with Crippen molar-refractivity contribution in [3.63, 3.8) is 0 Å². The van der Waals surface area contributed by atoms with Gasteiger partial charge in [-0.05, 0) is 49.3 Å². The Balaban J connectivity index is 1.65. The van der Waals surface area contributed by atoms with Crippen molar-refractivity contribution in [3.8, 4) is 0 Å². The van der Waals surface area contributed by atoms with Gasteiger partial charge in [-0.3, -0.25) is 9.59 Å². The van der Waals surface area contributed by atoms with Crippen LogP contribution in [0.25, 0.3) is 10.9 Å². The third-order valence-corrected chi connectivity index (χ3v) is 6.14. The summed E-state index contributed by atoms with van der Waals surface area (Å²) < 4.78 is 0. The lowest BCUT2D eigenvalue weighted by atomic mass is 10.0. The number of amides is 2. The average Bonchev–Trinajstić information content (AvgIpc) is 3.38. The number of carboxylic acids is 1. The summed E-state index contributed by atoms with van der Waals surface area (Å²) in [5.41, 5.74) is 8.16. The molecule has 0 spiro atoms. The van der Waals surface area contributed by atoms with Crippen molar-refractivity contribution in [2.24, 2.45) is 5.73 Å². The van der Waals surface area contributed by atoms with Crippen molar-refractivity contribution in [3.05, 3.63) is 36.0 Å². The summed E-state index contributed by atoms with van der Waals surface area (Å²) in [6.07, 6.45) is 5.63. The van der Waals surface area contributed by atoms with Crippen molar-refractivity contribution in [2.75, 3.05) is 18.6 Å². The first kappa shape index (κ1) is 22.2. The Morgan fingerprint density at radius 1 is 1.37 bits per heavy atom.